The van der Waals surface area contributed by atoms with Gasteiger partial charge in [-0.15, -0.1) is 0 Å². The zero-order valence-corrected chi connectivity index (χ0v) is 11.9. The normalized spacial score (nSPS) is 10.1. The highest BCUT2D eigenvalue weighted by Crippen LogP contribution is 2.22. The summed E-state index contributed by atoms with van der Waals surface area (Å²) in [4.78, 5) is 15.8. The zero-order chi connectivity index (χ0) is 13.1. The number of benzene rings is 1. The average molecular weight is 375 g/mol. The summed E-state index contributed by atoms with van der Waals surface area (Å²) in [6.45, 7) is 0. The first kappa shape index (κ1) is 13.1. The van der Waals surface area contributed by atoms with Crippen LogP contribution in [-0.2, 0) is 0 Å². The van der Waals surface area contributed by atoms with Crippen LogP contribution in [0.25, 0.3) is 0 Å². The molecule has 1 aromatic heterocycles. The van der Waals surface area contributed by atoms with Gasteiger partial charge in [0.1, 0.15) is 0 Å². The fourth-order valence-corrected chi connectivity index (χ4v) is 1.94. The van der Waals surface area contributed by atoms with E-state index >= 15 is 0 Å². The minimum Gasteiger partial charge on any atom is -0.504 e. The molecule has 0 spiro atoms. The summed E-state index contributed by atoms with van der Waals surface area (Å²) in [5.74, 6) is -0.291. The van der Waals surface area contributed by atoms with Crippen LogP contribution in [0.5, 0.6) is 5.75 Å². The molecule has 0 radical (unpaired) electrons. The summed E-state index contributed by atoms with van der Waals surface area (Å²) in [6.07, 6.45) is 1.49. The van der Waals surface area contributed by atoms with E-state index in [2.05, 4.69) is 10.3 Å². The number of hydrogen-bond donors (Lipinski definition) is 2. The maximum Gasteiger partial charge on any atom is 0.256 e. The van der Waals surface area contributed by atoms with Gasteiger partial charge in [-0.1, -0.05) is 11.6 Å². The number of halogens is 2. The van der Waals surface area contributed by atoms with Crippen LogP contribution in [0.2, 0.25) is 5.02 Å². The van der Waals surface area contributed by atoms with Gasteiger partial charge in [0.15, 0.2) is 11.6 Å². The molecule has 4 nitrogen and oxygen atoms in total. The Morgan fingerprint density at radius 3 is 2.83 bits per heavy atom. The Balaban J connectivity index is 2.22. The van der Waals surface area contributed by atoms with Crippen molar-refractivity contribution in [2.24, 2.45) is 0 Å². The lowest BCUT2D eigenvalue weighted by Crippen LogP contribution is -2.13. The number of anilines is 1. The predicted molar refractivity (Wildman–Crippen MR) is 78.0 cm³/mol. The van der Waals surface area contributed by atoms with E-state index in [0.29, 0.717) is 10.6 Å². The van der Waals surface area contributed by atoms with Crippen molar-refractivity contribution in [3.8, 4) is 5.75 Å². The molecule has 0 aliphatic carbocycles. The fourth-order valence-electron chi connectivity index (χ4n) is 1.31. The molecule has 0 unspecified atom stereocenters. The minimum absolute atomic E-state index is 0.0745. The number of pyridine rings is 1. The second-order valence-corrected chi connectivity index (χ2v) is 5.02. The molecule has 6 heteroatoms. The van der Waals surface area contributed by atoms with Crippen LogP contribution in [0.3, 0.4) is 0 Å². The Kier molecular flexibility index (Phi) is 4.03. The van der Waals surface area contributed by atoms with Gasteiger partial charge in [0.05, 0.1) is 5.02 Å². The van der Waals surface area contributed by atoms with E-state index in [0.717, 1.165) is 3.57 Å². The maximum atomic E-state index is 11.9. The van der Waals surface area contributed by atoms with Crippen molar-refractivity contribution in [2.45, 2.75) is 0 Å². The predicted octanol–water partition coefficient (Wildman–Crippen LogP) is 3.30. The van der Waals surface area contributed by atoms with Crippen molar-refractivity contribution in [2.75, 3.05) is 5.32 Å². The summed E-state index contributed by atoms with van der Waals surface area (Å²) in [5.41, 5.74) is 0.453. The van der Waals surface area contributed by atoms with E-state index in [-0.39, 0.29) is 17.5 Å². The Hall–Kier alpha value is -1.34. The molecule has 1 aromatic carbocycles. The molecule has 18 heavy (non-hydrogen) atoms. The van der Waals surface area contributed by atoms with E-state index in [4.69, 9.17) is 11.6 Å². The monoisotopic (exact) mass is 374 g/mol. The number of carbonyl (C=O) groups is 1. The van der Waals surface area contributed by atoms with Gasteiger partial charge in [0, 0.05) is 15.3 Å². The number of aromatic hydroxyl groups is 1. The maximum absolute atomic E-state index is 11.9. The molecule has 2 aromatic rings. The van der Waals surface area contributed by atoms with Gasteiger partial charge in [0.25, 0.3) is 5.91 Å². The molecule has 2 rings (SSSR count). The molecule has 0 fully saturated rings. The van der Waals surface area contributed by atoms with Gasteiger partial charge in [-0.2, -0.15) is 0 Å². The fraction of sp³-hybridized carbons (Fsp3) is 0. The molecule has 0 atom stereocenters. The first-order valence-electron chi connectivity index (χ1n) is 4.98. The van der Waals surface area contributed by atoms with Crippen LogP contribution < -0.4 is 5.32 Å². The summed E-state index contributed by atoms with van der Waals surface area (Å²) in [6, 6.07) is 7.96. The zero-order valence-electron chi connectivity index (χ0n) is 9.02. The molecule has 92 valence electrons. The highest BCUT2D eigenvalue weighted by Gasteiger charge is 2.10. The van der Waals surface area contributed by atoms with Crippen LogP contribution in [0.1, 0.15) is 10.4 Å². The van der Waals surface area contributed by atoms with Crippen LogP contribution >= 0.6 is 34.2 Å². The van der Waals surface area contributed by atoms with E-state index in [1.807, 2.05) is 22.6 Å². The van der Waals surface area contributed by atoms with Crippen LogP contribution in [-0.4, -0.2) is 16.0 Å². The Bertz CT molecular complexity index is 604. The third kappa shape index (κ3) is 2.91. The number of aromatic nitrogens is 1. The molecule has 1 heterocycles. The van der Waals surface area contributed by atoms with Crippen molar-refractivity contribution in [1.82, 2.24) is 4.98 Å². The van der Waals surface area contributed by atoms with E-state index in [9.17, 15) is 9.90 Å². The van der Waals surface area contributed by atoms with Gasteiger partial charge in [-0.05, 0) is 52.9 Å². The first-order valence-corrected chi connectivity index (χ1v) is 6.44. The molecule has 0 aliphatic heterocycles. The van der Waals surface area contributed by atoms with Crippen molar-refractivity contribution in [1.29, 1.82) is 0 Å². The van der Waals surface area contributed by atoms with Crippen LogP contribution in [0.15, 0.2) is 36.5 Å². The summed E-state index contributed by atoms with van der Waals surface area (Å²) >= 11 is 7.92. The van der Waals surface area contributed by atoms with E-state index < -0.39 is 0 Å². The molecular formula is C12H8ClIN2O2. The summed E-state index contributed by atoms with van der Waals surface area (Å²) < 4.78 is 0.784. The van der Waals surface area contributed by atoms with Crippen molar-refractivity contribution < 1.29 is 9.90 Å². The SMILES string of the molecule is O=C(Nc1ncccc1O)c1ccc(Cl)c(I)c1. The number of amides is 1. The number of hydrogen-bond acceptors (Lipinski definition) is 3. The first-order chi connectivity index (χ1) is 8.58. The third-order valence-electron chi connectivity index (χ3n) is 2.20. The number of rotatable bonds is 2. The van der Waals surface area contributed by atoms with Crippen LogP contribution in [0.4, 0.5) is 5.82 Å². The Morgan fingerprint density at radius 2 is 2.17 bits per heavy atom. The Labute approximate surface area is 122 Å². The molecule has 0 bridgehead atoms. The van der Waals surface area contributed by atoms with Gasteiger partial charge in [-0.3, -0.25) is 4.79 Å². The van der Waals surface area contributed by atoms with Crippen molar-refractivity contribution in [3.05, 3.63) is 50.7 Å². The molecule has 0 saturated carbocycles. The molecule has 0 saturated heterocycles. The Morgan fingerprint density at radius 1 is 1.39 bits per heavy atom. The highest BCUT2D eigenvalue weighted by molar-refractivity contribution is 14.1. The van der Waals surface area contributed by atoms with Gasteiger partial charge in [0.2, 0.25) is 0 Å². The quantitative estimate of drug-likeness (QED) is 0.793. The second-order valence-electron chi connectivity index (χ2n) is 3.45. The lowest BCUT2D eigenvalue weighted by atomic mass is 10.2. The van der Waals surface area contributed by atoms with Crippen LogP contribution in [0, 0.1) is 3.57 Å². The van der Waals surface area contributed by atoms with Gasteiger partial charge < -0.3 is 10.4 Å². The third-order valence-corrected chi connectivity index (χ3v) is 3.74. The van der Waals surface area contributed by atoms with Gasteiger partial charge >= 0.3 is 0 Å². The lowest BCUT2D eigenvalue weighted by Gasteiger charge is -2.06. The molecule has 1 amide bonds. The molecule has 0 aliphatic rings. The van der Waals surface area contributed by atoms with E-state index in [1.54, 1.807) is 24.3 Å². The molecular weight excluding hydrogens is 367 g/mol. The lowest BCUT2D eigenvalue weighted by molar-refractivity contribution is 0.102. The molecule has 2 N–H and O–H groups in total. The smallest absolute Gasteiger partial charge is 0.256 e. The number of nitrogens with zero attached hydrogens (tertiary/aromatic N) is 1. The summed E-state index contributed by atoms with van der Waals surface area (Å²) in [7, 11) is 0. The number of carbonyl (C=O) groups excluding carboxylic acids is 1. The van der Waals surface area contributed by atoms with Crippen molar-refractivity contribution >= 4 is 45.9 Å². The number of nitrogens with one attached hydrogen (secondary N) is 1. The average Bonchev–Trinajstić information content (AvgIpc) is 2.35. The highest BCUT2D eigenvalue weighted by atomic mass is 127. The minimum atomic E-state index is -0.349. The van der Waals surface area contributed by atoms with E-state index in [1.165, 1.54) is 12.3 Å². The standard InChI is InChI=1S/C12H8ClIN2O2/c13-8-4-3-7(6-9(8)14)12(18)16-11-10(17)2-1-5-15-11/h1-6,17H,(H,15,16,18). The largest absolute Gasteiger partial charge is 0.504 e. The van der Waals surface area contributed by atoms with Gasteiger partial charge in [-0.25, -0.2) is 4.98 Å². The topological polar surface area (TPSA) is 62.2 Å². The summed E-state index contributed by atoms with van der Waals surface area (Å²) in [5, 5.41) is 12.6. The second kappa shape index (κ2) is 5.53. The van der Waals surface area contributed by atoms with Crippen molar-refractivity contribution in [3.63, 3.8) is 0 Å².